The summed E-state index contributed by atoms with van der Waals surface area (Å²) < 4.78 is 32.9. The van der Waals surface area contributed by atoms with Crippen molar-refractivity contribution in [3.8, 4) is 6.07 Å². The minimum atomic E-state index is -4.07. The topological polar surface area (TPSA) is 151 Å². The van der Waals surface area contributed by atoms with Crippen molar-refractivity contribution in [1.82, 2.24) is 10.2 Å². The van der Waals surface area contributed by atoms with Crippen LogP contribution in [0.25, 0.3) is 0 Å². The standard InChI is InChI=1S/C8H10N4O2.C6H12.C3H6F3N.C2H3N/c9-6(13)5-3-10-12-7(5)11-8(14)4-1-2-4;1-2-4-6-5-3-1;4-3(5,6)1-2-7;1-2-3/h3-4H,1-2H2,(H2,9,13)(H2,10,11,12,14);1-6H2;1-2,7H2;1H3. The summed E-state index contributed by atoms with van der Waals surface area (Å²) in [6.45, 7) is 1.11. The Morgan fingerprint density at radius 3 is 2.00 bits per heavy atom. The van der Waals surface area contributed by atoms with E-state index in [-0.39, 0.29) is 29.8 Å². The maximum atomic E-state index is 11.3. The summed E-state index contributed by atoms with van der Waals surface area (Å²) in [6, 6.07) is 1.75. The largest absolute Gasteiger partial charge is 0.390 e. The van der Waals surface area contributed by atoms with Crippen LogP contribution in [0.2, 0.25) is 0 Å². The number of alkyl halides is 3. The Bertz CT molecular complexity index is 650. The number of carbonyl (C=O) groups is 2. The second kappa shape index (κ2) is 15.3. The van der Waals surface area contributed by atoms with E-state index in [2.05, 4.69) is 21.2 Å². The number of amides is 2. The number of carbonyl (C=O) groups excluding carboxylic acids is 2. The zero-order valence-electron chi connectivity index (χ0n) is 17.2. The molecule has 1 aromatic rings. The van der Waals surface area contributed by atoms with Gasteiger partial charge in [0, 0.05) is 19.4 Å². The average molecular weight is 432 g/mol. The fourth-order valence-electron chi connectivity index (χ4n) is 2.36. The minimum Gasteiger partial charge on any atom is -0.365 e. The van der Waals surface area contributed by atoms with Crippen LogP contribution in [0.3, 0.4) is 0 Å². The lowest BCUT2D eigenvalue weighted by molar-refractivity contribution is -0.132. The number of aromatic nitrogens is 2. The number of hydrogen-bond donors (Lipinski definition) is 4. The van der Waals surface area contributed by atoms with Gasteiger partial charge < -0.3 is 16.8 Å². The van der Waals surface area contributed by atoms with E-state index in [4.69, 9.17) is 11.0 Å². The Balaban J connectivity index is 0.000000442. The Kier molecular flexibility index (Phi) is 13.9. The van der Waals surface area contributed by atoms with Gasteiger partial charge >= 0.3 is 6.18 Å². The number of nitrogens with one attached hydrogen (secondary N) is 2. The molecule has 170 valence electrons. The first-order chi connectivity index (χ1) is 14.2. The normalized spacial score (nSPS) is 14.9. The molecule has 0 spiro atoms. The molecule has 2 aliphatic carbocycles. The first-order valence-corrected chi connectivity index (χ1v) is 9.87. The minimum absolute atomic E-state index is 0.0824. The highest BCUT2D eigenvalue weighted by Crippen LogP contribution is 2.30. The number of aromatic amines is 1. The second-order valence-electron chi connectivity index (χ2n) is 6.79. The van der Waals surface area contributed by atoms with Crippen LogP contribution in [0.1, 0.15) is 75.1 Å². The van der Waals surface area contributed by atoms with E-state index >= 15 is 0 Å². The van der Waals surface area contributed by atoms with E-state index in [1.807, 2.05) is 0 Å². The molecule has 0 bridgehead atoms. The highest BCUT2D eigenvalue weighted by molar-refractivity contribution is 6.02. The number of anilines is 1. The lowest BCUT2D eigenvalue weighted by Crippen LogP contribution is -2.18. The van der Waals surface area contributed by atoms with E-state index in [0.717, 1.165) is 12.8 Å². The van der Waals surface area contributed by atoms with Crippen molar-refractivity contribution in [3.63, 3.8) is 0 Å². The third-order valence-corrected chi connectivity index (χ3v) is 4.03. The Morgan fingerprint density at radius 2 is 1.70 bits per heavy atom. The van der Waals surface area contributed by atoms with Gasteiger partial charge in [0.05, 0.1) is 18.7 Å². The molecule has 1 heterocycles. The van der Waals surface area contributed by atoms with Gasteiger partial charge in [0.15, 0.2) is 0 Å². The van der Waals surface area contributed by atoms with Crippen molar-refractivity contribution in [1.29, 1.82) is 5.26 Å². The first kappa shape index (κ1) is 27.4. The number of halogens is 3. The molecule has 3 rings (SSSR count). The number of nitriles is 1. The summed E-state index contributed by atoms with van der Waals surface area (Å²) in [5, 5.41) is 16.0. The molecular weight excluding hydrogens is 401 g/mol. The maximum absolute atomic E-state index is 11.3. The van der Waals surface area contributed by atoms with Gasteiger partial charge in [-0.2, -0.15) is 23.5 Å². The van der Waals surface area contributed by atoms with Gasteiger partial charge in [-0.15, -0.1) is 0 Å². The number of H-pyrrole nitrogens is 1. The highest BCUT2D eigenvalue weighted by atomic mass is 19.4. The van der Waals surface area contributed by atoms with Crippen molar-refractivity contribution in [2.75, 3.05) is 11.9 Å². The van der Waals surface area contributed by atoms with Crippen molar-refractivity contribution < 1.29 is 22.8 Å². The summed E-state index contributed by atoms with van der Waals surface area (Å²) >= 11 is 0. The van der Waals surface area contributed by atoms with Crippen LogP contribution in [0.4, 0.5) is 19.0 Å². The number of nitrogens with two attached hydrogens (primary N) is 2. The van der Waals surface area contributed by atoms with Gasteiger partial charge in [-0.3, -0.25) is 14.7 Å². The van der Waals surface area contributed by atoms with Gasteiger partial charge in [0.25, 0.3) is 5.91 Å². The van der Waals surface area contributed by atoms with Crippen LogP contribution in [-0.4, -0.2) is 34.7 Å². The SMILES string of the molecule is C1CCCCC1.CC#N.NC(=O)c1cn[nH]c1NC(=O)C1CC1.NCCC(F)(F)F. The smallest absolute Gasteiger partial charge is 0.365 e. The number of hydrogen-bond acceptors (Lipinski definition) is 5. The third-order valence-electron chi connectivity index (χ3n) is 4.03. The van der Waals surface area contributed by atoms with E-state index in [9.17, 15) is 22.8 Å². The molecule has 2 amide bonds. The first-order valence-electron chi connectivity index (χ1n) is 9.87. The van der Waals surface area contributed by atoms with Gasteiger partial charge in [-0.05, 0) is 12.8 Å². The molecule has 0 saturated heterocycles. The molecule has 2 saturated carbocycles. The summed E-state index contributed by atoms with van der Waals surface area (Å²) in [5.41, 5.74) is 9.88. The monoisotopic (exact) mass is 432 g/mol. The van der Waals surface area contributed by atoms with Crippen LogP contribution < -0.4 is 16.8 Å². The molecule has 2 fully saturated rings. The lowest BCUT2D eigenvalue weighted by Gasteiger charge is -2.05. The number of nitrogens with zero attached hydrogens (tertiary/aromatic N) is 2. The summed E-state index contributed by atoms with van der Waals surface area (Å²) in [5.74, 6) is -0.324. The molecule has 0 unspecified atom stereocenters. The molecule has 0 aromatic carbocycles. The van der Waals surface area contributed by atoms with Crippen LogP contribution in [-0.2, 0) is 4.79 Å². The van der Waals surface area contributed by atoms with Crippen molar-refractivity contribution in [2.24, 2.45) is 17.4 Å². The summed E-state index contributed by atoms with van der Waals surface area (Å²) in [4.78, 5) is 22.2. The summed E-state index contributed by atoms with van der Waals surface area (Å²) in [7, 11) is 0. The van der Waals surface area contributed by atoms with Crippen molar-refractivity contribution >= 4 is 17.6 Å². The molecule has 1 aromatic heterocycles. The Morgan fingerprint density at radius 1 is 1.23 bits per heavy atom. The lowest BCUT2D eigenvalue weighted by atomic mass is 10.0. The second-order valence-corrected chi connectivity index (χ2v) is 6.79. The molecule has 0 atom stereocenters. The molecular formula is C19H31F3N6O2. The van der Waals surface area contributed by atoms with E-state index in [1.54, 1.807) is 6.07 Å². The number of primary amides is 1. The van der Waals surface area contributed by atoms with Crippen LogP contribution in [0.5, 0.6) is 0 Å². The molecule has 8 nitrogen and oxygen atoms in total. The zero-order chi connectivity index (χ0) is 23.0. The van der Waals surface area contributed by atoms with Gasteiger partial charge in [0.2, 0.25) is 5.91 Å². The highest BCUT2D eigenvalue weighted by Gasteiger charge is 2.30. The third kappa shape index (κ3) is 14.4. The van der Waals surface area contributed by atoms with Crippen LogP contribution in [0, 0.1) is 17.2 Å². The van der Waals surface area contributed by atoms with E-state index in [0.29, 0.717) is 0 Å². The van der Waals surface area contributed by atoms with E-state index in [1.165, 1.54) is 51.6 Å². The molecule has 30 heavy (non-hydrogen) atoms. The predicted octanol–water partition coefficient (Wildman–Crippen LogP) is 3.63. The van der Waals surface area contributed by atoms with Crippen molar-refractivity contribution in [2.45, 2.75) is 70.9 Å². The van der Waals surface area contributed by atoms with Gasteiger partial charge in [-0.1, -0.05) is 38.5 Å². The van der Waals surface area contributed by atoms with E-state index < -0.39 is 18.5 Å². The number of rotatable bonds is 4. The quantitative estimate of drug-likeness (QED) is 0.573. The molecule has 0 radical (unpaired) electrons. The zero-order valence-corrected chi connectivity index (χ0v) is 17.2. The van der Waals surface area contributed by atoms with Crippen molar-refractivity contribution in [3.05, 3.63) is 11.8 Å². The Hall–Kier alpha value is -2.61. The fraction of sp³-hybridized carbons (Fsp3) is 0.684. The predicted molar refractivity (Wildman–Crippen MR) is 107 cm³/mol. The molecule has 6 N–H and O–H groups in total. The maximum Gasteiger partial charge on any atom is 0.390 e. The van der Waals surface area contributed by atoms with Crippen LogP contribution in [0.15, 0.2) is 6.20 Å². The fourth-order valence-corrected chi connectivity index (χ4v) is 2.36. The van der Waals surface area contributed by atoms with Crippen LogP contribution >= 0.6 is 0 Å². The van der Waals surface area contributed by atoms with Gasteiger partial charge in [0.1, 0.15) is 11.4 Å². The van der Waals surface area contributed by atoms with Gasteiger partial charge in [-0.25, -0.2) is 0 Å². The summed E-state index contributed by atoms with van der Waals surface area (Å²) in [6.07, 6.45) is 7.16. The molecule has 2 aliphatic rings. The molecule has 0 aliphatic heterocycles. The molecule has 11 heteroatoms. The Labute approximate surface area is 174 Å². The average Bonchev–Trinajstić information content (AvgIpc) is 3.43.